The Morgan fingerprint density at radius 2 is 2.00 bits per heavy atom. The van der Waals surface area contributed by atoms with Crippen molar-refractivity contribution in [1.29, 1.82) is 0 Å². The molecule has 2 aromatic heterocycles. The van der Waals surface area contributed by atoms with Gasteiger partial charge in [0, 0.05) is 0 Å². The average molecular weight is 404 g/mol. The molecule has 0 aliphatic carbocycles. The van der Waals surface area contributed by atoms with Gasteiger partial charge in [0.2, 0.25) is 5.91 Å². The SMILES string of the molecule is Cc1nn(-c2ccccc2)c(C)c1NC(=O)CSc1nnc(OC(C)C)s1. The average Bonchev–Trinajstić information content (AvgIpc) is 3.19. The minimum Gasteiger partial charge on any atom is -0.466 e. The Bertz CT molecular complexity index is 921. The summed E-state index contributed by atoms with van der Waals surface area (Å²) in [4.78, 5) is 12.4. The highest BCUT2D eigenvalue weighted by Gasteiger charge is 2.16. The first-order valence-electron chi connectivity index (χ1n) is 8.48. The molecule has 0 radical (unpaired) electrons. The lowest BCUT2D eigenvalue weighted by Gasteiger charge is -2.06. The molecule has 0 aliphatic rings. The van der Waals surface area contributed by atoms with Gasteiger partial charge in [0.05, 0.1) is 34.6 Å². The van der Waals surface area contributed by atoms with Crippen LogP contribution in [0.3, 0.4) is 0 Å². The Balaban J connectivity index is 1.63. The monoisotopic (exact) mass is 403 g/mol. The number of ether oxygens (including phenoxy) is 1. The molecule has 142 valence electrons. The number of aromatic nitrogens is 4. The minimum atomic E-state index is -0.111. The van der Waals surface area contributed by atoms with Gasteiger partial charge >= 0.3 is 0 Å². The summed E-state index contributed by atoms with van der Waals surface area (Å²) in [5.74, 6) is 0.131. The standard InChI is InChI=1S/C18H21N5O2S2/c1-11(2)25-17-20-21-18(27-17)26-10-15(24)19-16-12(3)22-23(13(16)4)14-8-6-5-7-9-14/h5-9,11H,10H2,1-4H3,(H,19,24). The molecule has 1 aromatic carbocycles. The van der Waals surface area contributed by atoms with Crippen LogP contribution >= 0.6 is 23.1 Å². The molecule has 0 saturated carbocycles. The van der Waals surface area contributed by atoms with Crippen LogP contribution in [-0.2, 0) is 4.79 Å². The van der Waals surface area contributed by atoms with Crippen molar-refractivity contribution in [3.63, 3.8) is 0 Å². The number of para-hydroxylation sites is 1. The Kier molecular flexibility index (Phi) is 6.12. The maximum atomic E-state index is 12.4. The topological polar surface area (TPSA) is 81.9 Å². The quantitative estimate of drug-likeness (QED) is 0.603. The van der Waals surface area contributed by atoms with E-state index in [9.17, 15) is 4.79 Å². The van der Waals surface area contributed by atoms with Crippen LogP contribution in [0.25, 0.3) is 5.69 Å². The van der Waals surface area contributed by atoms with Crippen molar-refractivity contribution >= 4 is 34.7 Å². The van der Waals surface area contributed by atoms with Gasteiger partial charge in [0.15, 0.2) is 4.34 Å². The van der Waals surface area contributed by atoms with Crippen molar-refractivity contribution in [3.8, 4) is 10.9 Å². The Hall–Kier alpha value is -2.39. The lowest BCUT2D eigenvalue weighted by molar-refractivity contribution is -0.113. The number of hydrogen-bond donors (Lipinski definition) is 1. The second kappa shape index (κ2) is 8.53. The number of hydrogen-bond acceptors (Lipinski definition) is 7. The van der Waals surface area contributed by atoms with Crippen molar-refractivity contribution in [3.05, 3.63) is 41.7 Å². The van der Waals surface area contributed by atoms with E-state index in [-0.39, 0.29) is 17.8 Å². The molecule has 0 fully saturated rings. The lowest BCUT2D eigenvalue weighted by Crippen LogP contribution is -2.15. The number of benzene rings is 1. The lowest BCUT2D eigenvalue weighted by atomic mass is 10.3. The van der Waals surface area contributed by atoms with E-state index in [2.05, 4.69) is 20.6 Å². The van der Waals surface area contributed by atoms with Crippen LogP contribution in [0.4, 0.5) is 5.69 Å². The van der Waals surface area contributed by atoms with Gasteiger partial charge in [0.1, 0.15) is 0 Å². The highest BCUT2D eigenvalue weighted by Crippen LogP contribution is 2.28. The minimum absolute atomic E-state index is 0.0474. The predicted molar refractivity (Wildman–Crippen MR) is 108 cm³/mol. The molecule has 3 aromatic rings. The van der Waals surface area contributed by atoms with E-state index in [4.69, 9.17) is 4.74 Å². The summed E-state index contributed by atoms with van der Waals surface area (Å²) in [5.41, 5.74) is 3.36. The Morgan fingerprint density at radius 1 is 1.26 bits per heavy atom. The molecule has 7 nitrogen and oxygen atoms in total. The molecule has 27 heavy (non-hydrogen) atoms. The maximum absolute atomic E-state index is 12.4. The number of anilines is 1. The number of rotatable bonds is 7. The number of carbonyl (C=O) groups excluding carboxylic acids is 1. The second-order valence-electron chi connectivity index (χ2n) is 6.13. The number of nitrogens with zero attached hydrogens (tertiary/aromatic N) is 4. The van der Waals surface area contributed by atoms with Gasteiger partial charge in [-0.1, -0.05) is 35.1 Å². The van der Waals surface area contributed by atoms with Crippen LogP contribution in [0, 0.1) is 13.8 Å². The zero-order valence-corrected chi connectivity index (χ0v) is 17.2. The summed E-state index contributed by atoms with van der Waals surface area (Å²) in [5, 5.41) is 16.0. The largest absolute Gasteiger partial charge is 0.466 e. The summed E-state index contributed by atoms with van der Waals surface area (Å²) >= 11 is 2.68. The van der Waals surface area contributed by atoms with Crippen LogP contribution in [-0.4, -0.2) is 37.7 Å². The molecule has 1 N–H and O–H groups in total. The van der Waals surface area contributed by atoms with E-state index in [1.807, 2.05) is 62.7 Å². The zero-order valence-electron chi connectivity index (χ0n) is 15.6. The second-order valence-corrected chi connectivity index (χ2v) is 8.29. The number of nitrogens with one attached hydrogen (secondary N) is 1. The third-order valence-corrected chi connectivity index (χ3v) is 5.56. The van der Waals surface area contributed by atoms with E-state index in [1.54, 1.807) is 0 Å². The van der Waals surface area contributed by atoms with Gasteiger partial charge in [0.25, 0.3) is 5.19 Å². The van der Waals surface area contributed by atoms with Gasteiger partial charge in [-0.2, -0.15) is 5.10 Å². The molecule has 0 aliphatic heterocycles. The van der Waals surface area contributed by atoms with Crippen LogP contribution in [0.2, 0.25) is 0 Å². The van der Waals surface area contributed by atoms with E-state index in [0.29, 0.717) is 9.53 Å². The van der Waals surface area contributed by atoms with Crippen LogP contribution in [0.15, 0.2) is 34.7 Å². The van der Waals surface area contributed by atoms with Gasteiger partial charge in [-0.05, 0) is 51.2 Å². The number of aryl methyl sites for hydroxylation is 1. The molecular weight excluding hydrogens is 382 g/mol. The summed E-state index contributed by atoms with van der Waals surface area (Å²) in [6.45, 7) is 7.69. The summed E-state index contributed by atoms with van der Waals surface area (Å²) in [7, 11) is 0. The van der Waals surface area contributed by atoms with Crippen LogP contribution < -0.4 is 10.1 Å². The normalized spacial score (nSPS) is 11.0. The van der Waals surface area contributed by atoms with Crippen molar-refractivity contribution in [2.45, 2.75) is 38.1 Å². The Labute approximate surface area is 166 Å². The fraction of sp³-hybridized carbons (Fsp3) is 0.333. The van der Waals surface area contributed by atoms with E-state index < -0.39 is 0 Å². The summed E-state index contributed by atoms with van der Waals surface area (Å²) in [6.07, 6.45) is 0.0474. The van der Waals surface area contributed by atoms with E-state index in [1.165, 1.54) is 23.1 Å². The first-order valence-corrected chi connectivity index (χ1v) is 10.3. The van der Waals surface area contributed by atoms with Crippen molar-refractivity contribution < 1.29 is 9.53 Å². The third-order valence-electron chi connectivity index (χ3n) is 3.61. The smallest absolute Gasteiger partial charge is 0.295 e. The molecular formula is C18H21N5O2S2. The molecule has 0 atom stereocenters. The molecule has 0 unspecified atom stereocenters. The van der Waals surface area contributed by atoms with Crippen molar-refractivity contribution in [1.82, 2.24) is 20.0 Å². The third kappa shape index (κ3) is 4.86. The molecule has 9 heteroatoms. The van der Waals surface area contributed by atoms with E-state index in [0.717, 1.165) is 22.8 Å². The molecule has 3 rings (SSSR count). The fourth-order valence-corrected chi connectivity index (χ4v) is 4.06. The number of thioether (sulfide) groups is 1. The predicted octanol–water partition coefficient (Wildman–Crippen LogP) is 3.86. The highest BCUT2D eigenvalue weighted by atomic mass is 32.2. The maximum Gasteiger partial charge on any atom is 0.295 e. The van der Waals surface area contributed by atoms with E-state index >= 15 is 0 Å². The highest BCUT2D eigenvalue weighted by molar-refractivity contribution is 8.01. The molecule has 0 saturated heterocycles. The molecule has 2 heterocycles. The van der Waals surface area contributed by atoms with Gasteiger partial charge in [-0.3, -0.25) is 4.79 Å². The van der Waals surface area contributed by atoms with Gasteiger partial charge < -0.3 is 10.1 Å². The molecule has 0 spiro atoms. The zero-order chi connectivity index (χ0) is 19.4. The van der Waals surface area contributed by atoms with Crippen molar-refractivity contribution in [2.75, 3.05) is 11.1 Å². The van der Waals surface area contributed by atoms with Gasteiger partial charge in [-0.25, -0.2) is 4.68 Å². The molecule has 1 amide bonds. The Morgan fingerprint density at radius 3 is 2.70 bits per heavy atom. The van der Waals surface area contributed by atoms with Crippen LogP contribution in [0.5, 0.6) is 5.19 Å². The first kappa shape index (κ1) is 19.4. The first-order chi connectivity index (χ1) is 12.9. The van der Waals surface area contributed by atoms with Crippen LogP contribution in [0.1, 0.15) is 25.2 Å². The van der Waals surface area contributed by atoms with Gasteiger partial charge in [-0.15, -0.1) is 5.10 Å². The fourth-order valence-electron chi connectivity index (χ4n) is 2.45. The van der Waals surface area contributed by atoms with Crippen molar-refractivity contribution in [2.24, 2.45) is 0 Å². The number of carbonyl (C=O) groups is 1. The molecule has 0 bridgehead atoms. The summed E-state index contributed by atoms with van der Waals surface area (Å²) < 4.78 is 8.03. The summed E-state index contributed by atoms with van der Waals surface area (Å²) in [6, 6.07) is 9.83. The number of amides is 1.